The van der Waals surface area contributed by atoms with Gasteiger partial charge in [0.2, 0.25) is 10.0 Å². The van der Waals surface area contributed by atoms with E-state index in [0.29, 0.717) is 6.42 Å². The molecule has 1 aromatic carbocycles. The van der Waals surface area contributed by atoms with Gasteiger partial charge in [-0.2, -0.15) is 0 Å². The van der Waals surface area contributed by atoms with Crippen LogP contribution in [0, 0.1) is 0 Å². The van der Waals surface area contributed by atoms with Gasteiger partial charge in [0.15, 0.2) is 0 Å². The van der Waals surface area contributed by atoms with Crippen LogP contribution in [0.5, 0.6) is 0 Å². The molecule has 0 aliphatic carbocycles. The Kier molecular flexibility index (Phi) is 4.75. The maximum Gasteiger partial charge on any atom is 0.244 e. The van der Waals surface area contributed by atoms with Gasteiger partial charge in [-0.1, -0.05) is 48.9 Å². The smallest absolute Gasteiger partial charge is 0.244 e. The third-order valence-corrected chi connectivity index (χ3v) is 4.87. The molecular formula is C14H15ClN2O2S. The highest BCUT2D eigenvalue weighted by atomic mass is 35.5. The van der Waals surface area contributed by atoms with Crippen LogP contribution in [-0.4, -0.2) is 13.4 Å². The van der Waals surface area contributed by atoms with Gasteiger partial charge in [0.1, 0.15) is 4.90 Å². The summed E-state index contributed by atoms with van der Waals surface area (Å²) in [6.45, 7) is 1.92. The number of hydrogen-bond donors (Lipinski definition) is 1. The fraction of sp³-hybridized carbons (Fsp3) is 0.214. The van der Waals surface area contributed by atoms with E-state index in [-0.39, 0.29) is 16.0 Å². The van der Waals surface area contributed by atoms with E-state index in [1.165, 1.54) is 18.5 Å². The van der Waals surface area contributed by atoms with Gasteiger partial charge < -0.3 is 0 Å². The second-order valence-corrected chi connectivity index (χ2v) is 6.39. The third kappa shape index (κ3) is 3.36. The Morgan fingerprint density at radius 3 is 2.55 bits per heavy atom. The van der Waals surface area contributed by atoms with Crippen molar-refractivity contribution in [1.82, 2.24) is 9.71 Å². The zero-order chi connectivity index (χ0) is 14.6. The molecule has 0 radical (unpaired) electrons. The van der Waals surface area contributed by atoms with Crippen LogP contribution in [0.2, 0.25) is 5.02 Å². The first-order chi connectivity index (χ1) is 9.54. The fourth-order valence-electron chi connectivity index (χ4n) is 1.88. The van der Waals surface area contributed by atoms with E-state index < -0.39 is 10.0 Å². The molecule has 0 spiro atoms. The largest absolute Gasteiger partial charge is 0.263 e. The fourth-order valence-corrected chi connectivity index (χ4v) is 3.62. The van der Waals surface area contributed by atoms with E-state index in [9.17, 15) is 8.42 Å². The summed E-state index contributed by atoms with van der Waals surface area (Å²) in [5.41, 5.74) is 0.915. The summed E-state index contributed by atoms with van der Waals surface area (Å²) in [7, 11) is -3.69. The Labute approximate surface area is 123 Å². The van der Waals surface area contributed by atoms with Crippen LogP contribution in [0.1, 0.15) is 24.9 Å². The number of rotatable bonds is 5. The van der Waals surface area contributed by atoms with E-state index in [2.05, 4.69) is 9.71 Å². The van der Waals surface area contributed by atoms with Gasteiger partial charge in [-0.05, 0) is 18.1 Å². The number of sulfonamides is 1. The summed E-state index contributed by atoms with van der Waals surface area (Å²) < 4.78 is 27.4. The molecule has 0 saturated carbocycles. The third-order valence-electron chi connectivity index (χ3n) is 2.93. The molecule has 2 aromatic rings. The minimum Gasteiger partial charge on any atom is -0.263 e. The molecule has 0 saturated heterocycles. The van der Waals surface area contributed by atoms with E-state index >= 15 is 0 Å². The van der Waals surface area contributed by atoms with Gasteiger partial charge in [-0.3, -0.25) is 4.98 Å². The zero-order valence-electron chi connectivity index (χ0n) is 11.0. The second kappa shape index (κ2) is 6.35. The topological polar surface area (TPSA) is 59.1 Å². The lowest BCUT2D eigenvalue weighted by Gasteiger charge is -2.17. The highest BCUT2D eigenvalue weighted by Crippen LogP contribution is 2.23. The first-order valence-electron chi connectivity index (χ1n) is 6.21. The second-order valence-electron chi connectivity index (χ2n) is 4.30. The van der Waals surface area contributed by atoms with Crippen molar-refractivity contribution < 1.29 is 8.42 Å². The molecule has 1 aromatic heterocycles. The van der Waals surface area contributed by atoms with Crippen LogP contribution in [0.4, 0.5) is 0 Å². The summed E-state index contributed by atoms with van der Waals surface area (Å²) in [4.78, 5) is 3.81. The summed E-state index contributed by atoms with van der Waals surface area (Å²) >= 11 is 5.92. The molecule has 6 heteroatoms. The Morgan fingerprint density at radius 2 is 1.95 bits per heavy atom. The van der Waals surface area contributed by atoms with Gasteiger partial charge in [0.25, 0.3) is 0 Å². The quantitative estimate of drug-likeness (QED) is 0.923. The summed E-state index contributed by atoms with van der Waals surface area (Å²) in [5, 5.41) is 0.162. The van der Waals surface area contributed by atoms with Crippen molar-refractivity contribution in [3.05, 3.63) is 59.4 Å². The van der Waals surface area contributed by atoms with E-state index in [1.54, 1.807) is 0 Å². The van der Waals surface area contributed by atoms with Crippen molar-refractivity contribution in [2.75, 3.05) is 0 Å². The molecule has 1 atom stereocenters. The summed E-state index contributed by atoms with van der Waals surface area (Å²) in [5.74, 6) is 0. The van der Waals surface area contributed by atoms with Crippen molar-refractivity contribution in [3.8, 4) is 0 Å². The highest BCUT2D eigenvalue weighted by Gasteiger charge is 2.22. The summed E-state index contributed by atoms with van der Waals surface area (Å²) in [6, 6.07) is 10.6. The molecule has 0 amide bonds. The molecule has 0 fully saturated rings. The molecular weight excluding hydrogens is 296 g/mol. The van der Waals surface area contributed by atoms with Crippen LogP contribution >= 0.6 is 11.6 Å². The molecule has 1 N–H and O–H groups in total. The van der Waals surface area contributed by atoms with Crippen molar-refractivity contribution in [2.24, 2.45) is 0 Å². The zero-order valence-corrected chi connectivity index (χ0v) is 12.5. The number of nitrogens with zero attached hydrogens (tertiary/aromatic N) is 1. The number of hydrogen-bond acceptors (Lipinski definition) is 3. The number of aromatic nitrogens is 1. The Balaban J connectivity index is 2.30. The average Bonchev–Trinajstić information content (AvgIpc) is 2.46. The lowest BCUT2D eigenvalue weighted by Crippen LogP contribution is -2.28. The van der Waals surface area contributed by atoms with Crippen LogP contribution < -0.4 is 4.72 Å². The molecule has 0 aliphatic heterocycles. The number of nitrogens with one attached hydrogen (secondary N) is 1. The Hall–Kier alpha value is -1.43. The van der Waals surface area contributed by atoms with Gasteiger partial charge in [-0.15, -0.1) is 0 Å². The monoisotopic (exact) mass is 310 g/mol. The number of pyridine rings is 1. The molecule has 106 valence electrons. The molecule has 2 rings (SSSR count). The van der Waals surface area contributed by atoms with Crippen LogP contribution in [0.3, 0.4) is 0 Å². The number of benzene rings is 1. The minimum atomic E-state index is -3.69. The molecule has 0 bridgehead atoms. The van der Waals surface area contributed by atoms with Crippen molar-refractivity contribution in [3.63, 3.8) is 0 Å². The standard InChI is InChI=1S/C14H15ClN2O2S/c1-2-13(11-6-4-3-5-7-11)17-20(18,19)14-10-16-9-8-12(14)15/h3-10,13,17H,2H2,1H3. The molecule has 1 heterocycles. The maximum atomic E-state index is 12.4. The van der Waals surface area contributed by atoms with Crippen LogP contribution in [0.25, 0.3) is 0 Å². The Morgan fingerprint density at radius 1 is 1.25 bits per heavy atom. The van der Waals surface area contributed by atoms with Gasteiger partial charge in [0, 0.05) is 18.4 Å². The molecule has 1 unspecified atom stereocenters. The van der Waals surface area contributed by atoms with Gasteiger partial charge >= 0.3 is 0 Å². The maximum absolute atomic E-state index is 12.4. The van der Waals surface area contributed by atoms with Gasteiger partial charge in [-0.25, -0.2) is 13.1 Å². The predicted molar refractivity (Wildman–Crippen MR) is 79.0 cm³/mol. The SMILES string of the molecule is CCC(NS(=O)(=O)c1cnccc1Cl)c1ccccc1. The van der Waals surface area contributed by atoms with Gasteiger partial charge in [0.05, 0.1) is 5.02 Å². The number of halogens is 1. The molecule has 0 aliphatic rings. The normalized spacial score (nSPS) is 13.1. The van der Waals surface area contributed by atoms with Crippen LogP contribution in [0.15, 0.2) is 53.7 Å². The van der Waals surface area contributed by atoms with Crippen molar-refractivity contribution in [2.45, 2.75) is 24.3 Å². The molecule has 4 nitrogen and oxygen atoms in total. The first-order valence-corrected chi connectivity index (χ1v) is 8.07. The lowest BCUT2D eigenvalue weighted by molar-refractivity contribution is 0.550. The van der Waals surface area contributed by atoms with Crippen LogP contribution in [-0.2, 0) is 10.0 Å². The summed E-state index contributed by atoms with van der Waals surface area (Å²) in [6.07, 6.45) is 3.35. The van der Waals surface area contributed by atoms with Crippen molar-refractivity contribution in [1.29, 1.82) is 0 Å². The predicted octanol–water partition coefficient (Wildman–Crippen LogP) is 3.16. The van der Waals surface area contributed by atoms with E-state index in [1.807, 2.05) is 37.3 Å². The lowest BCUT2D eigenvalue weighted by atomic mass is 10.1. The Bertz CT molecular complexity index is 675. The van der Waals surface area contributed by atoms with Crippen molar-refractivity contribution >= 4 is 21.6 Å². The molecule has 20 heavy (non-hydrogen) atoms. The van der Waals surface area contributed by atoms with E-state index in [4.69, 9.17) is 11.6 Å². The highest BCUT2D eigenvalue weighted by molar-refractivity contribution is 7.89. The minimum absolute atomic E-state index is 0.00366. The average molecular weight is 311 g/mol. The first kappa shape index (κ1) is 15.0. The van der Waals surface area contributed by atoms with E-state index in [0.717, 1.165) is 5.56 Å².